The van der Waals surface area contributed by atoms with Gasteiger partial charge in [-0.2, -0.15) is 0 Å². The van der Waals surface area contributed by atoms with Gasteiger partial charge in [0.05, 0.1) is 0 Å². The first kappa shape index (κ1) is 14.5. The molecule has 0 saturated carbocycles. The molecule has 1 heterocycles. The Bertz CT molecular complexity index is 781. The predicted octanol–water partition coefficient (Wildman–Crippen LogP) is 5.66. The molecule has 3 rings (SSSR count). The van der Waals surface area contributed by atoms with E-state index in [1.54, 1.807) is 11.3 Å². The molecular weight excluding hydrogens is 447 g/mol. The molecule has 0 aliphatic rings. The minimum absolute atomic E-state index is 0.579. The van der Waals surface area contributed by atoms with Gasteiger partial charge >= 0.3 is 0 Å². The van der Waals surface area contributed by atoms with Gasteiger partial charge in [0.1, 0.15) is 6.10 Å². The van der Waals surface area contributed by atoms with Crippen LogP contribution in [0.25, 0.3) is 10.1 Å². The van der Waals surface area contributed by atoms with Crippen molar-refractivity contribution in [1.29, 1.82) is 0 Å². The maximum absolute atomic E-state index is 10.8. The van der Waals surface area contributed by atoms with Crippen molar-refractivity contribution in [2.75, 3.05) is 0 Å². The first-order chi connectivity index (χ1) is 9.59. The molecule has 0 aliphatic heterocycles. The largest absolute Gasteiger partial charge is 0.384 e. The summed E-state index contributed by atoms with van der Waals surface area (Å²) in [4.78, 5) is 0. The summed E-state index contributed by atoms with van der Waals surface area (Å²) in [7, 11) is 0. The highest BCUT2D eigenvalue weighted by Gasteiger charge is 2.18. The molecule has 1 unspecified atom stereocenters. The molecule has 1 atom stereocenters. The second-order valence-electron chi connectivity index (χ2n) is 4.69. The summed E-state index contributed by atoms with van der Waals surface area (Å²) in [5.74, 6) is 0. The molecule has 0 spiro atoms. The fourth-order valence-corrected chi connectivity index (χ4v) is 4.60. The molecule has 0 saturated heterocycles. The first-order valence-electron chi connectivity index (χ1n) is 6.18. The lowest BCUT2D eigenvalue weighted by Gasteiger charge is -2.14. The predicted molar refractivity (Wildman–Crippen MR) is 97.5 cm³/mol. The Kier molecular flexibility index (Phi) is 4.17. The number of rotatable bonds is 2. The average Bonchev–Trinajstić information content (AvgIpc) is 2.86. The van der Waals surface area contributed by atoms with Crippen LogP contribution in [0.5, 0.6) is 0 Å². The molecule has 0 aliphatic carbocycles. The zero-order chi connectivity index (χ0) is 14.3. The van der Waals surface area contributed by atoms with Crippen molar-refractivity contribution in [3.8, 4) is 0 Å². The zero-order valence-electron chi connectivity index (χ0n) is 10.7. The number of thiophene rings is 1. The number of aliphatic hydroxyl groups is 1. The van der Waals surface area contributed by atoms with Crippen molar-refractivity contribution in [3.63, 3.8) is 0 Å². The smallest absolute Gasteiger partial charge is 0.106 e. The lowest BCUT2D eigenvalue weighted by atomic mass is 9.99. The fraction of sp³-hybridized carbons (Fsp3) is 0.125. The van der Waals surface area contributed by atoms with E-state index >= 15 is 0 Å². The van der Waals surface area contributed by atoms with Gasteiger partial charge in [0.2, 0.25) is 0 Å². The third-order valence-corrected chi connectivity index (χ3v) is 6.84. The van der Waals surface area contributed by atoms with E-state index in [1.165, 1.54) is 10.3 Å². The summed E-state index contributed by atoms with van der Waals surface area (Å²) in [5.41, 5.74) is 3.16. The van der Waals surface area contributed by atoms with Gasteiger partial charge in [-0.05, 0) is 73.4 Å². The van der Waals surface area contributed by atoms with Gasteiger partial charge in [-0.1, -0.05) is 30.3 Å². The third-order valence-electron chi connectivity index (χ3n) is 3.39. The number of aliphatic hydroxyl groups excluding tert-OH is 1. The molecule has 2 aromatic carbocycles. The zero-order valence-corrected chi connectivity index (χ0v) is 15.3. The number of halogens is 2. The van der Waals surface area contributed by atoms with Crippen LogP contribution in [0.15, 0.2) is 46.3 Å². The lowest BCUT2D eigenvalue weighted by molar-refractivity contribution is 0.221. The number of aryl methyl sites for hydroxylation is 1. The lowest BCUT2D eigenvalue weighted by Crippen LogP contribution is -2.02. The van der Waals surface area contributed by atoms with Crippen molar-refractivity contribution < 1.29 is 5.11 Å². The Balaban J connectivity index is 2.16. The van der Waals surface area contributed by atoms with E-state index < -0.39 is 6.10 Å². The van der Waals surface area contributed by atoms with Gasteiger partial charge in [-0.15, -0.1) is 11.3 Å². The van der Waals surface area contributed by atoms with E-state index in [9.17, 15) is 5.11 Å². The number of fused-ring (bicyclic) bond motifs is 1. The van der Waals surface area contributed by atoms with E-state index in [1.807, 2.05) is 24.3 Å². The highest BCUT2D eigenvalue weighted by Crippen LogP contribution is 2.38. The van der Waals surface area contributed by atoms with Crippen molar-refractivity contribution in [1.82, 2.24) is 0 Å². The van der Waals surface area contributed by atoms with Crippen LogP contribution in [-0.2, 0) is 0 Å². The second kappa shape index (κ2) is 5.75. The summed E-state index contributed by atoms with van der Waals surface area (Å²) in [6.45, 7) is 2.07. The quantitative estimate of drug-likeness (QED) is 0.491. The highest BCUT2D eigenvalue weighted by atomic mass is 127. The standard InChI is InChI=1S/C16H12BrIOS/c1-9-4-2-6-11(14(9)18)15(19)12-8-20-16-10(12)5-3-7-13(16)17/h2-8,15,19H,1H3. The molecule has 4 heteroatoms. The van der Waals surface area contributed by atoms with Crippen LogP contribution in [0, 0.1) is 10.5 Å². The van der Waals surface area contributed by atoms with Gasteiger partial charge in [-0.25, -0.2) is 0 Å². The second-order valence-corrected chi connectivity index (χ2v) is 7.50. The molecule has 0 radical (unpaired) electrons. The SMILES string of the molecule is Cc1cccc(C(O)c2csc3c(Br)cccc23)c1I. The number of hydrogen-bond acceptors (Lipinski definition) is 2. The van der Waals surface area contributed by atoms with Crippen LogP contribution in [0.3, 0.4) is 0 Å². The summed E-state index contributed by atoms with van der Waals surface area (Å²) in [5, 5.41) is 13.9. The molecular formula is C16H12BrIOS. The van der Waals surface area contributed by atoms with Crippen LogP contribution < -0.4 is 0 Å². The molecule has 102 valence electrons. The van der Waals surface area contributed by atoms with E-state index in [4.69, 9.17) is 0 Å². The van der Waals surface area contributed by atoms with Crippen molar-refractivity contribution in [2.24, 2.45) is 0 Å². The Hall–Kier alpha value is -0.430. The van der Waals surface area contributed by atoms with E-state index in [0.717, 1.165) is 24.6 Å². The summed E-state index contributed by atoms with van der Waals surface area (Å²) >= 11 is 7.54. The van der Waals surface area contributed by atoms with Crippen LogP contribution in [-0.4, -0.2) is 5.11 Å². The number of benzene rings is 2. The molecule has 20 heavy (non-hydrogen) atoms. The molecule has 1 aromatic heterocycles. The van der Waals surface area contributed by atoms with E-state index in [-0.39, 0.29) is 0 Å². The van der Waals surface area contributed by atoms with E-state index in [2.05, 4.69) is 63.0 Å². The summed E-state index contributed by atoms with van der Waals surface area (Å²) < 4.78 is 3.40. The van der Waals surface area contributed by atoms with Gasteiger partial charge in [0.15, 0.2) is 0 Å². The molecule has 1 nitrogen and oxygen atoms in total. The van der Waals surface area contributed by atoms with Crippen LogP contribution in [0.1, 0.15) is 22.8 Å². The molecule has 0 amide bonds. The average molecular weight is 459 g/mol. The molecule has 3 aromatic rings. The summed E-state index contributed by atoms with van der Waals surface area (Å²) in [6, 6.07) is 12.2. The monoisotopic (exact) mass is 458 g/mol. The van der Waals surface area contributed by atoms with Crippen molar-refractivity contribution in [2.45, 2.75) is 13.0 Å². The Labute approximate surface area is 143 Å². The molecule has 0 fully saturated rings. The normalized spacial score (nSPS) is 12.8. The van der Waals surface area contributed by atoms with Crippen LogP contribution in [0.4, 0.5) is 0 Å². The highest BCUT2D eigenvalue weighted by molar-refractivity contribution is 14.1. The topological polar surface area (TPSA) is 20.2 Å². The summed E-state index contributed by atoms with van der Waals surface area (Å²) in [6.07, 6.45) is -0.579. The Morgan fingerprint density at radius 2 is 1.90 bits per heavy atom. The first-order valence-corrected chi connectivity index (χ1v) is 8.93. The minimum atomic E-state index is -0.579. The Morgan fingerprint density at radius 1 is 1.15 bits per heavy atom. The van der Waals surface area contributed by atoms with Gasteiger partial charge < -0.3 is 5.11 Å². The van der Waals surface area contributed by atoms with E-state index in [0.29, 0.717) is 0 Å². The van der Waals surface area contributed by atoms with Crippen molar-refractivity contribution in [3.05, 3.63) is 66.5 Å². The molecule has 0 bridgehead atoms. The van der Waals surface area contributed by atoms with Gasteiger partial charge in [-0.3, -0.25) is 0 Å². The fourth-order valence-electron chi connectivity index (χ4n) is 2.30. The van der Waals surface area contributed by atoms with Crippen LogP contribution >= 0.6 is 49.9 Å². The van der Waals surface area contributed by atoms with Crippen LogP contribution in [0.2, 0.25) is 0 Å². The van der Waals surface area contributed by atoms with Gasteiger partial charge in [0.25, 0.3) is 0 Å². The molecule has 1 N–H and O–H groups in total. The third kappa shape index (κ3) is 2.43. The van der Waals surface area contributed by atoms with Crippen molar-refractivity contribution >= 4 is 59.9 Å². The Morgan fingerprint density at radius 3 is 2.70 bits per heavy atom. The van der Waals surface area contributed by atoms with Gasteiger partial charge in [0, 0.05) is 18.3 Å². The maximum Gasteiger partial charge on any atom is 0.106 e. The minimum Gasteiger partial charge on any atom is -0.384 e. The number of hydrogen-bond donors (Lipinski definition) is 1. The maximum atomic E-state index is 10.8.